The van der Waals surface area contributed by atoms with E-state index in [1.54, 1.807) is 25.1 Å². The molecule has 0 radical (unpaired) electrons. The van der Waals surface area contributed by atoms with Gasteiger partial charge in [-0.3, -0.25) is 0 Å². The number of aliphatic hydroxyl groups is 1. The molecule has 0 aliphatic heterocycles. The van der Waals surface area contributed by atoms with E-state index < -0.39 is 0 Å². The highest BCUT2D eigenvalue weighted by Gasteiger charge is 2.08. The predicted octanol–water partition coefficient (Wildman–Crippen LogP) is 2.42. The number of fused-ring (bicyclic) bond motifs is 1. The van der Waals surface area contributed by atoms with E-state index in [1.165, 1.54) is 0 Å². The van der Waals surface area contributed by atoms with Crippen molar-refractivity contribution in [3.8, 4) is 0 Å². The van der Waals surface area contributed by atoms with E-state index >= 15 is 0 Å². The van der Waals surface area contributed by atoms with Gasteiger partial charge in [0.2, 0.25) is 0 Å². The molecule has 6 heteroatoms. The Balaban J connectivity index is 1.95. The van der Waals surface area contributed by atoms with Crippen molar-refractivity contribution in [3.63, 3.8) is 0 Å². The van der Waals surface area contributed by atoms with E-state index in [4.69, 9.17) is 9.52 Å². The van der Waals surface area contributed by atoms with Gasteiger partial charge in [0.25, 0.3) is 0 Å². The van der Waals surface area contributed by atoms with Crippen molar-refractivity contribution >= 4 is 22.8 Å². The molecule has 108 valence electrons. The maximum Gasteiger partial charge on any atom is 0.319 e. The molecule has 3 N–H and O–H groups in total. The predicted molar refractivity (Wildman–Crippen MR) is 76.7 cm³/mol. The van der Waals surface area contributed by atoms with Crippen LogP contribution in [0.4, 0.5) is 10.5 Å². The smallest absolute Gasteiger partial charge is 0.319 e. The van der Waals surface area contributed by atoms with Crippen LogP contribution in [0, 0.1) is 6.92 Å². The van der Waals surface area contributed by atoms with Gasteiger partial charge in [-0.1, -0.05) is 0 Å². The van der Waals surface area contributed by atoms with Crippen LogP contribution in [0.25, 0.3) is 11.1 Å². The molecule has 1 atom stereocenters. The van der Waals surface area contributed by atoms with Crippen LogP contribution in [0.15, 0.2) is 22.6 Å². The van der Waals surface area contributed by atoms with Crippen molar-refractivity contribution in [2.24, 2.45) is 0 Å². The van der Waals surface area contributed by atoms with E-state index in [0.29, 0.717) is 29.1 Å². The Labute approximate surface area is 117 Å². The average molecular weight is 277 g/mol. The first-order chi connectivity index (χ1) is 9.58. The minimum Gasteiger partial charge on any atom is -0.441 e. The molecule has 0 aliphatic carbocycles. The first-order valence-corrected chi connectivity index (χ1v) is 6.64. The second-order valence-corrected chi connectivity index (χ2v) is 4.78. The molecule has 1 aromatic carbocycles. The molecule has 0 aliphatic rings. The van der Waals surface area contributed by atoms with Crippen LogP contribution in [-0.4, -0.2) is 28.8 Å². The number of hydrogen-bond acceptors (Lipinski definition) is 4. The number of carbonyl (C=O) groups is 1. The summed E-state index contributed by atoms with van der Waals surface area (Å²) in [5, 5.41) is 14.3. The van der Waals surface area contributed by atoms with Gasteiger partial charge < -0.3 is 20.2 Å². The average Bonchev–Trinajstić information content (AvgIpc) is 2.75. The van der Waals surface area contributed by atoms with Crippen LogP contribution in [-0.2, 0) is 0 Å². The molecule has 0 fully saturated rings. The van der Waals surface area contributed by atoms with E-state index in [9.17, 15) is 4.79 Å². The lowest BCUT2D eigenvalue weighted by Gasteiger charge is -2.13. The van der Waals surface area contributed by atoms with Gasteiger partial charge in [-0.05, 0) is 38.0 Å². The fraction of sp³-hybridized carbons (Fsp3) is 0.429. The van der Waals surface area contributed by atoms with E-state index in [2.05, 4.69) is 15.6 Å². The number of anilines is 1. The zero-order chi connectivity index (χ0) is 14.5. The molecule has 0 saturated heterocycles. The minimum absolute atomic E-state index is 0.0141. The zero-order valence-electron chi connectivity index (χ0n) is 11.6. The summed E-state index contributed by atoms with van der Waals surface area (Å²) in [7, 11) is 0. The first kappa shape index (κ1) is 14.3. The second kappa shape index (κ2) is 6.38. The van der Waals surface area contributed by atoms with Crippen molar-refractivity contribution in [3.05, 3.63) is 24.1 Å². The van der Waals surface area contributed by atoms with Crippen LogP contribution < -0.4 is 10.6 Å². The Morgan fingerprint density at radius 3 is 3.05 bits per heavy atom. The maximum absolute atomic E-state index is 11.8. The van der Waals surface area contributed by atoms with Crippen molar-refractivity contribution < 1.29 is 14.3 Å². The molecular weight excluding hydrogens is 258 g/mol. The van der Waals surface area contributed by atoms with Crippen molar-refractivity contribution in [2.45, 2.75) is 32.7 Å². The van der Waals surface area contributed by atoms with Gasteiger partial charge in [-0.25, -0.2) is 9.78 Å². The molecule has 2 rings (SSSR count). The van der Waals surface area contributed by atoms with Gasteiger partial charge in [-0.15, -0.1) is 0 Å². The highest BCUT2D eigenvalue weighted by atomic mass is 16.3. The van der Waals surface area contributed by atoms with Crippen LogP contribution in [0.5, 0.6) is 0 Å². The van der Waals surface area contributed by atoms with Crippen molar-refractivity contribution in [1.29, 1.82) is 0 Å². The molecule has 6 nitrogen and oxygen atoms in total. The van der Waals surface area contributed by atoms with Gasteiger partial charge in [0, 0.05) is 25.3 Å². The van der Waals surface area contributed by atoms with Gasteiger partial charge in [0.05, 0.1) is 0 Å². The molecule has 1 aromatic heterocycles. The highest BCUT2D eigenvalue weighted by Crippen LogP contribution is 2.19. The minimum atomic E-state index is -0.269. The summed E-state index contributed by atoms with van der Waals surface area (Å²) in [5.74, 6) is 0.597. The molecular formula is C14H19N3O3. The standard InChI is InChI=1S/C14H19N3O3/c1-9(4-3-7-18)15-14(19)17-11-5-6-13-12(8-11)16-10(2)20-13/h5-6,8-9,18H,3-4,7H2,1-2H3,(H2,15,17,19). The Morgan fingerprint density at radius 1 is 1.50 bits per heavy atom. The molecule has 1 heterocycles. The number of aryl methyl sites for hydroxylation is 1. The van der Waals surface area contributed by atoms with E-state index in [-0.39, 0.29) is 18.7 Å². The van der Waals surface area contributed by atoms with Crippen LogP contribution in [0.2, 0.25) is 0 Å². The number of urea groups is 1. The summed E-state index contributed by atoms with van der Waals surface area (Å²) < 4.78 is 5.37. The molecule has 20 heavy (non-hydrogen) atoms. The third-order valence-electron chi connectivity index (χ3n) is 2.93. The fourth-order valence-electron chi connectivity index (χ4n) is 1.98. The van der Waals surface area contributed by atoms with Crippen molar-refractivity contribution in [1.82, 2.24) is 10.3 Å². The number of carbonyl (C=O) groups excluding carboxylic acids is 1. The van der Waals surface area contributed by atoms with E-state index in [0.717, 1.165) is 6.42 Å². The third-order valence-corrected chi connectivity index (χ3v) is 2.93. The second-order valence-electron chi connectivity index (χ2n) is 4.78. The summed E-state index contributed by atoms with van der Waals surface area (Å²) in [4.78, 5) is 16.0. The zero-order valence-corrected chi connectivity index (χ0v) is 11.6. The maximum atomic E-state index is 11.8. The molecule has 2 amide bonds. The number of nitrogens with one attached hydrogen (secondary N) is 2. The van der Waals surface area contributed by atoms with Crippen LogP contribution in [0.3, 0.4) is 0 Å². The topological polar surface area (TPSA) is 87.4 Å². The lowest BCUT2D eigenvalue weighted by atomic mass is 10.2. The van der Waals surface area contributed by atoms with Crippen molar-refractivity contribution in [2.75, 3.05) is 11.9 Å². The number of rotatable bonds is 5. The molecule has 0 bridgehead atoms. The Hall–Kier alpha value is -2.08. The number of nitrogens with zero attached hydrogens (tertiary/aromatic N) is 1. The highest BCUT2D eigenvalue weighted by molar-refractivity contribution is 5.91. The summed E-state index contributed by atoms with van der Waals surface area (Å²) in [6.07, 6.45) is 1.41. The largest absolute Gasteiger partial charge is 0.441 e. The normalized spacial score (nSPS) is 12.3. The summed E-state index contributed by atoms with van der Waals surface area (Å²) in [6, 6.07) is 5.06. The van der Waals surface area contributed by atoms with Gasteiger partial charge in [0.1, 0.15) is 5.52 Å². The SMILES string of the molecule is Cc1nc2cc(NC(=O)NC(C)CCCO)ccc2o1. The van der Waals surface area contributed by atoms with Crippen LogP contribution >= 0.6 is 0 Å². The summed E-state index contributed by atoms with van der Waals surface area (Å²) in [5.41, 5.74) is 2.08. The van der Waals surface area contributed by atoms with Crippen LogP contribution in [0.1, 0.15) is 25.7 Å². The summed E-state index contributed by atoms with van der Waals surface area (Å²) >= 11 is 0. The molecule has 0 spiro atoms. The number of aromatic nitrogens is 1. The third kappa shape index (κ3) is 3.71. The monoisotopic (exact) mass is 277 g/mol. The number of aliphatic hydroxyl groups excluding tert-OH is 1. The lowest BCUT2D eigenvalue weighted by Crippen LogP contribution is -2.36. The Bertz CT molecular complexity index is 594. The number of hydrogen-bond donors (Lipinski definition) is 3. The number of benzene rings is 1. The van der Waals surface area contributed by atoms with Gasteiger partial charge in [-0.2, -0.15) is 0 Å². The number of amides is 2. The lowest BCUT2D eigenvalue weighted by molar-refractivity contribution is 0.245. The first-order valence-electron chi connectivity index (χ1n) is 6.64. The molecule has 0 saturated carbocycles. The Morgan fingerprint density at radius 2 is 2.30 bits per heavy atom. The van der Waals surface area contributed by atoms with Gasteiger partial charge >= 0.3 is 6.03 Å². The van der Waals surface area contributed by atoms with Gasteiger partial charge in [0.15, 0.2) is 11.5 Å². The number of oxazole rings is 1. The fourth-order valence-corrected chi connectivity index (χ4v) is 1.98. The summed E-state index contributed by atoms with van der Waals surface area (Å²) in [6.45, 7) is 3.82. The quantitative estimate of drug-likeness (QED) is 0.783. The van der Waals surface area contributed by atoms with E-state index in [1.807, 2.05) is 6.92 Å². The molecule has 2 aromatic rings. The molecule has 1 unspecified atom stereocenters. The Kier molecular flexibility index (Phi) is 4.57.